The van der Waals surface area contributed by atoms with Crippen molar-refractivity contribution in [2.75, 3.05) is 11.9 Å². The number of pyridine rings is 1. The number of aromatic nitrogens is 1. The highest BCUT2D eigenvalue weighted by molar-refractivity contribution is 6.29. The van der Waals surface area contributed by atoms with E-state index < -0.39 is 12.3 Å². The third-order valence-corrected chi connectivity index (χ3v) is 1.77. The number of carbonyl (C=O) groups excluding carboxylic acids is 1. The van der Waals surface area contributed by atoms with Gasteiger partial charge in [-0.25, -0.2) is 4.98 Å². The Morgan fingerprint density at radius 1 is 1.57 bits per heavy atom. The van der Waals surface area contributed by atoms with Crippen molar-refractivity contribution in [2.24, 2.45) is 0 Å². The van der Waals surface area contributed by atoms with Crippen LogP contribution in [0.4, 0.5) is 14.6 Å². The molecule has 0 fully saturated rings. The summed E-state index contributed by atoms with van der Waals surface area (Å²) in [6.07, 6.45) is -3.04. The average Bonchev–Trinajstić information content (AvgIpc) is 2.15. The van der Waals surface area contributed by atoms with E-state index in [1.165, 1.54) is 25.2 Å². The summed E-state index contributed by atoms with van der Waals surface area (Å²) in [5.41, 5.74) is 0. The maximum absolute atomic E-state index is 12.0. The number of halogens is 3. The van der Waals surface area contributed by atoms with Crippen LogP contribution >= 0.6 is 11.6 Å². The Balaban J connectivity index is 2.89. The number of nitrogens with zero attached hydrogens (tertiary/aromatic N) is 2. The highest BCUT2D eigenvalue weighted by Gasteiger charge is 2.21. The molecule has 1 amide bonds. The summed E-state index contributed by atoms with van der Waals surface area (Å²) in [5, 5.41) is 0.149. The van der Waals surface area contributed by atoms with Gasteiger partial charge in [-0.2, -0.15) is 8.78 Å². The number of hydrogen-bond donors (Lipinski definition) is 0. The van der Waals surface area contributed by atoms with E-state index in [-0.39, 0.29) is 11.0 Å². The minimum absolute atomic E-state index is 0.0998. The Kier molecular flexibility index (Phi) is 3.35. The van der Waals surface area contributed by atoms with Crippen LogP contribution in [0.2, 0.25) is 5.15 Å². The van der Waals surface area contributed by atoms with Gasteiger partial charge in [0.25, 0.3) is 5.91 Å². The number of anilines is 1. The van der Waals surface area contributed by atoms with Crippen LogP contribution in [0.5, 0.6) is 0 Å². The fraction of sp³-hybridized carbons (Fsp3) is 0.250. The summed E-state index contributed by atoms with van der Waals surface area (Å²) in [4.78, 5) is 15.3. The van der Waals surface area contributed by atoms with Crippen LogP contribution in [0, 0.1) is 0 Å². The molecule has 1 aromatic heterocycles. The molecule has 0 aromatic carbocycles. The zero-order chi connectivity index (χ0) is 10.7. The monoisotopic (exact) mass is 220 g/mol. The molecule has 0 saturated carbocycles. The van der Waals surface area contributed by atoms with Gasteiger partial charge in [0.2, 0.25) is 0 Å². The highest BCUT2D eigenvalue weighted by atomic mass is 35.5. The fourth-order valence-electron chi connectivity index (χ4n) is 0.844. The molecule has 0 atom stereocenters. The Morgan fingerprint density at radius 3 is 2.71 bits per heavy atom. The second kappa shape index (κ2) is 4.32. The normalized spacial score (nSPS) is 10.4. The van der Waals surface area contributed by atoms with E-state index in [9.17, 15) is 13.6 Å². The van der Waals surface area contributed by atoms with Gasteiger partial charge in [-0.3, -0.25) is 9.69 Å². The molecule has 0 aliphatic carbocycles. The maximum Gasteiger partial charge on any atom is 0.316 e. The summed E-state index contributed by atoms with van der Waals surface area (Å²) < 4.78 is 24.0. The lowest BCUT2D eigenvalue weighted by atomic mass is 10.4. The minimum atomic E-state index is -3.04. The van der Waals surface area contributed by atoms with Crippen molar-refractivity contribution in [1.29, 1.82) is 0 Å². The molecule has 0 aliphatic heterocycles. The second-order valence-electron chi connectivity index (χ2n) is 2.52. The third kappa shape index (κ3) is 2.38. The Hall–Kier alpha value is -1.23. The molecule has 1 aromatic rings. The molecule has 0 N–H and O–H groups in total. The minimum Gasteiger partial charge on any atom is -0.295 e. The van der Waals surface area contributed by atoms with Crippen molar-refractivity contribution in [3.8, 4) is 0 Å². The van der Waals surface area contributed by atoms with E-state index in [0.717, 1.165) is 4.90 Å². The van der Waals surface area contributed by atoms with Gasteiger partial charge in [0.1, 0.15) is 11.0 Å². The van der Waals surface area contributed by atoms with Crippen LogP contribution in [-0.4, -0.2) is 24.4 Å². The van der Waals surface area contributed by atoms with Gasteiger partial charge in [0.15, 0.2) is 0 Å². The van der Waals surface area contributed by atoms with Gasteiger partial charge < -0.3 is 0 Å². The molecular weight excluding hydrogens is 214 g/mol. The molecule has 0 saturated heterocycles. The molecule has 0 spiro atoms. The molecular formula is C8H7ClF2N2O. The van der Waals surface area contributed by atoms with Crippen LogP contribution in [0.1, 0.15) is 0 Å². The summed E-state index contributed by atoms with van der Waals surface area (Å²) in [6, 6.07) is 4.44. The largest absolute Gasteiger partial charge is 0.316 e. The van der Waals surface area contributed by atoms with Crippen molar-refractivity contribution >= 4 is 23.3 Å². The lowest BCUT2D eigenvalue weighted by Crippen LogP contribution is -2.32. The molecule has 3 nitrogen and oxygen atoms in total. The molecule has 0 unspecified atom stereocenters. The SMILES string of the molecule is CN(C(=O)C(F)F)c1cccc(Cl)n1. The maximum atomic E-state index is 12.0. The fourth-order valence-corrected chi connectivity index (χ4v) is 1.00. The van der Waals surface area contributed by atoms with Crippen molar-refractivity contribution in [1.82, 2.24) is 4.98 Å². The van der Waals surface area contributed by atoms with Crippen LogP contribution < -0.4 is 4.90 Å². The Bertz CT molecular complexity index is 346. The van der Waals surface area contributed by atoms with Gasteiger partial charge in [0, 0.05) is 7.05 Å². The second-order valence-corrected chi connectivity index (χ2v) is 2.90. The number of alkyl halides is 2. The van der Waals surface area contributed by atoms with E-state index in [0.29, 0.717) is 0 Å². The number of hydrogen-bond acceptors (Lipinski definition) is 2. The molecule has 6 heteroatoms. The summed E-state index contributed by atoms with van der Waals surface area (Å²) in [5.74, 6) is -1.21. The Morgan fingerprint density at radius 2 is 2.21 bits per heavy atom. The quantitative estimate of drug-likeness (QED) is 0.714. The van der Waals surface area contributed by atoms with Gasteiger partial charge in [0.05, 0.1) is 0 Å². The van der Waals surface area contributed by atoms with Crippen molar-refractivity contribution < 1.29 is 13.6 Å². The predicted molar refractivity (Wildman–Crippen MR) is 48.7 cm³/mol. The first kappa shape index (κ1) is 10.8. The summed E-state index contributed by atoms with van der Waals surface area (Å²) in [6.45, 7) is 0. The first-order valence-corrected chi connectivity index (χ1v) is 4.08. The number of amides is 1. The van der Waals surface area contributed by atoms with Crippen LogP contribution in [0.3, 0.4) is 0 Å². The first-order chi connectivity index (χ1) is 6.52. The van der Waals surface area contributed by atoms with E-state index >= 15 is 0 Å². The van der Waals surface area contributed by atoms with E-state index in [2.05, 4.69) is 4.98 Å². The van der Waals surface area contributed by atoms with Gasteiger partial charge in [-0.15, -0.1) is 0 Å². The molecule has 1 rings (SSSR count). The lowest BCUT2D eigenvalue weighted by molar-refractivity contribution is -0.128. The number of carbonyl (C=O) groups is 1. The molecule has 0 aliphatic rings. The van der Waals surface area contributed by atoms with Crippen LogP contribution in [-0.2, 0) is 4.79 Å². The van der Waals surface area contributed by atoms with Gasteiger partial charge in [-0.05, 0) is 12.1 Å². The van der Waals surface area contributed by atoms with Crippen LogP contribution in [0.25, 0.3) is 0 Å². The lowest BCUT2D eigenvalue weighted by Gasteiger charge is -2.15. The zero-order valence-corrected chi connectivity index (χ0v) is 8.00. The average molecular weight is 221 g/mol. The topological polar surface area (TPSA) is 33.2 Å². The van der Waals surface area contributed by atoms with Crippen LogP contribution in [0.15, 0.2) is 18.2 Å². The third-order valence-electron chi connectivity index (χ3n) is 1.56. The highest BCUT2D eigenvalue weighted by Crippen LogP contribution is 2.14. The van der Waals surface area contributed by atoms with Crippen molar-refractivity contribution in [3.05, 3.63) is 23.4 Å². The molecule has 0 bridgehead atoms. The van der Waals surface area contributed by atoms with Crippen molar-refractivity contribution in [3.63, 3.8) is 0 Å². The summed E-state index contributed by atoms with van der Waals surface area (Å²) in [7, 11) is 1.22. The summed E-state index contributed by atoms with van der Waals surface area (Å²) >= 11 is 5.54. The smallest absolute Gasteiger partial charge is 0.295 e. The number of rotatable bonds is 2. The standard InChI is InChI=1S/C8H7ClF2N2O/c1-13(8(14)7(10)11)6-4-2-3-5(9)12-6/h2-4,7H,1H3. The molecule has 1 heterocycles. The van der Waals surface area contributed by atoms with E-state index in [1.807, 2.05) is 0 Å². The van der Waals surface area contributed by atoms with E-state index in [1.54, 1.807) is 0 Å². The Labute approximate surface area is 84.3 Å². The molecule has 76 valence electrons. The predicted octanol–water partition coefficient (Wildman–Crippen LogP) is 1.96. The van der Waals surface area contributed by atoms with Gasteiger partial charge in [-0.1, -0.05) is 17.7 Å². The van der Waals surface area contributed by atoms with E-state index in [4.69, 9.17) is 11.6 Å². The first-order valence-electron chi connectivity index (χ1n) is 3.70. The van der Waals surface area contributed by atoms with Crippen molar-refractivity contribution in [2.45, 2.75) is 6.43 Å². The zero-order valence-electron chi connectivity index (χ0n) is 7.25. The molecule has 0 radical (unpaired) electrons. The van der Waals surface area contributed by atoms with Gasteiger partial charge >= 0.3 is 6.43 Å². The molecule has 14 heavy (non-hydrogen) atoms.